The van der Waals surface area contributed by atoms with Gasteiger partial charge in [0.1, 0.15) is 12.0 Å². The monoisotopic (exact) mass is 232 g/mol. The van der Waals surface area contributed by atoms with Crippen molar-refractivity contribution in [2.75, 3.05) is 0 Å². The number of ether oxygens (including phenoxy) is 1. The van der Waals surface area contributed by atoms with Crippen LogP contribution in [0.5, 0.6) is 0 Å². The summed E-state index contributed by atoms with van der Waals surface area (Å²) in [6.45, 7) is 3.96. The smallest absolute Gasteiger partial charge is 0.306 e. The lowest BCUT2D eigenvalue weighted by molar-refractivity contribution is -0.297. The van der Waals surface area contributed by atoms with E-state index in [1.165, 1.54) is 5.92 Å². The van der Waals surface area contributed by atoms with Crippen LogP contribution in [-0.4, -0.2) is 12.1 Å². The van der Waals surface area contributed by atoms with Gasteiger partial charge < -0.3 is 9.84 Å². The number of fused-ring (bicyclic) bond motifs is 3. The Morgan fingerprint density at radius 2 is 2.29 bits per heavy atom. The van der Waals surface area contributed by atoms with Gasteiger partial charge in [-0.25, -0.2) is 0 Å². The van der Waals surface area contributed by atoms with Crippen molar-refractivity contribution in [2.45, 2.75) is 39.2 Å². The van der Waals surface area contributed by atoms with Crippen LogP contribution in [0, 0.1) is 17.8 Å². The van der Waals surface area contributed by atoms with E-state index in [-0.39, 0.29) is 29.7 Å². The number of carbonyl (C=O) groups excluding carboxylic acids is 1. The molecule has 0 spiro atoms. The molecule has 3 nitrogen and oxygen atoms in total. The average molecular weight is 232 g/mol. The van der Waals surface area contributed by atoms with Crippen LogP contribution < -0.4 is 5.11 Å². The van der Waals surface area contributed by atoms with Crippen molar-refractivity contribution in [3.05, 3.63) is 28.9 Å². The molecule has 0 aromatic carbocycles. The number of hydrogen-bond donors (Lipinski definition) is 0. The van der Waals surface area contributed by atoms with Crippen molar-refractivity contribution in [1.29, 1.82) is 0 Å². The first kappa shape index (κ1) is 10.8. The first-order valence-electron chi connectivity index (χ1n) is 6.19. The minimum Gasteiger partial charge on any atom is -0.872 e. The van der Waals surface area contributed by atoms with Gasteiger partial charge in [-0.2, -0.15) is 0 Å². The van der Waals surface area contributed by atoms with E-state index in [9.17, 15) is 9.90 Å². The van der Waals surface area contributed by atoms with Crippen molar-refractivity contribution < 1.29 is 14.6 Å². The van der Waals surface area contributed by atoms with Gasteiger partial charge >= 0.3 is 5.97 Å². The lowest BCUT2D eigenvalue weighted by Crippen LogP contribution is -2.21. The van der Waals surface area contributed by atoms with Crippen molar-refractivity contribution >= 4 is 5.97 Å². The van der Waals surface area contributed by atoms with Gasteiger partial charge in [-0.3, -0.25) is 4.79 Å². The molecule has 0 N–H and O–H groups in total. The molecule has 3 atom stereocenters. The predicted molar refractivity (Wildman–Crippen MR) is 60.4 cm³/mol. The fourth-order valence-electron chi connectivity index (χ4n) is 3.29. The molecule has 2 aliphatic carbocycles. The second-order valence-electron chi connectivity index (χ2n) is 5.35. The molecule has 0 radical (unpaired) electrons. The van der Waals surface area contributed by atoms with E-state index in [0.717, 1.165) is 24.0 Å². The van der Waals surface area contributed by atoms with Crippen LogP contribution in [0.3, 0.4) is 0 Å². The molecule has 90 valence electrons. The number of esters is 1. The topological polar surface area (TPSA) is 49.4 Å². The highest BCUT2D eigenvalue weighted by atomic mass is 16.6. The summed E-state index contributed by atoms with van der Waals surface area (Å²) in [4.78, 5) is 11.4. The molecule has 1 aliphatic heterocycles. The fraction of sp³-hybridized carbons (Fsp3) is 0.571. The van der Waals surface area contributed by atoms with Crippen LogP contribution in [-0.2, 0) is 9.53 Å². The Morgan fingerprint density at radius 1 is 1.53 bits per heavy atom. The number of carbonyl (C=O) groups is 1. The Labute approximate surface area is 101 Å². The second kappa shape index (κ2) is 3.56. The molecule has 0 unspecified atom stereocenters. The molecular formula is C14H16O3. The normalized spacial score (nSPS) is 36.4. The summed E-state index contributed by atoms with van der Waals surface area (Å²) in [6.07, 6.45) is 4.14. The Hall–Kier alpha value is -1.38. The number of rotatable bonds is 0. The Bertz CT molecular complexity index is 433. The van der Waals surface area contributed by atoms with Gasteiger partial charge in [-0.1, -0.05) is 5.57 Å². The van der Waals surface area contributed by atoms with E-state index < -0.39 is 0 Å². The molecule has 3 heteroatoms. The van der Waals surface area contributed by atoms with Gasteiger partial charge in [-0.05, 0) is 19.4 Å². The first-order valence-corrected chi connectivity index (χ1v) is 6.19. The molecule has 3 rings (SSSR count). The molecule has 3 aliphatic rings. The predicted octanol–water partition coefficient (Wildman–Crippen LogP) is 1.50. The summed E-state index contributed by atoms with van der Waals surface area (Å²) in [7, 11) is 0. The molecule has 0 aromatic heterocycles. The van der Waals surface area contributed by atoms with Gasteiger partial charge in [0.05, 0.1) is 25.7 Å². The van der Waals surface area contributed by atoms with Crippen molar-refractivity contribution in [3.63, 3.8) is 0 Å². The molecule has 1 heterocycles. The average Bonchev–Trinajstić information content (AvgIpc) is 2.74. The SMILES string of the molecule is CC1=C2[C@H]3OC(=O)C[C@@H]3CC[C+](C)[C@H]2C=C1[O-]. The zero-order valence-corrected chi connectivity index (χ0v) is 10.2. The second-order valence-corrected chi connectivity index (χ2v) is 5.35. The number of hydrogen-bond acceptors (Lipinski definition) is 3. The Morgan fingerprint density at radius 3 is 3.06 bits per heavy atom. The van der Waals surface area contributed by atoms with Gasteiger partial charge in [0, 0.05) is 11.5 Å². The molecule has 0 amide bonds. The molecular weight excluding hydrogens is 216 g/mol. The third kappa shape index (κ3) is 1.48. The summed E-state index contributed by atoms with van der Waals surface area (Å²) in [5.74, 6) is 1.71. The molecule has 0 aromatic rings. The van der Waals surface area contributed by atoms with E-state index in [2.05, 4.69) is 6.92 Å². The van der Waals surface area contributed by atoms with E-state index in [1.807, 2.05) is 6.92 Å². The maximum absolute atomic E-state index is 11.8. The summed E-state index contributed by atoms with van der Waals surface area (Å²) in [6, 6.07) is 0. The lowest BCUT2D eigenvalue weighted by Gasteiger charge is -2.19. The summed E-state index contributed by atoms with van der Waals surface area (Å²) >= 11 is 0. The van der Waals surface area contributed by atoms with Crippen LogP contribution in [0.1, 0.15) is 33.1 Å². The van der Waals surface area contributed by atoms with E-state index in [1.54, 1.807) is 6.08 Å². The van der Waals surface area contributed by atoms with Gasteiger partial charge in [0.15, 0.2) is 0 Å². The molecule has 17 heavy (non-hydrogen) atoms. The van der Waals surface area contributed by atoms with E-state index >= 15 is 0 Å². The summed E-state index contributed by atoms with van der Waals surface area (Å²) in [5.41, 5.74) is 1.85. The number of allylic oxidation sites excluding steroid dienone is 2. The van der Waals surface area contributed by atoms with Crippen molar-refractivity contribution in [2.24, 2.45) is 11.8 Å². The standard InChI is InChI=1S/C14H16O3/c1-7-3-4-9-5-12(16)17-14(9)13-8(2)11(15)6-10(7)13/h6,9-10,14H,3-5H2,1-2H3/t9-,10+,14-/m0/s1. The fourth-order valence-corrected chi connectivity index (χ4v) is 3.29. The van der Waals surface area contributed by atoms with Crippen LogP contribution >= 0.6 is 0 Å². The molecule has 0 bridgehead atoms. The summed E-state index contributed by atoms with van der Waals surface area (Å²) < 4.78 is 5.44. The minimum atomic E-state index is -0.146. The zero-order valence-electron chi connectivity index (χ0n) is 10.2. The highest BCUT2D eigenvalue weighted by Gasteiger charge is 2.49. The molecule has 1 saturated heterocycles. The minimum absolute atomic E-state index is 0.105. The van der Waals surface area contributed by atoms with Gasteiger partial charge in [-0.15, -0.1) is 5.76 Å². The Balaban J connectivity index is 2.04. The van der Waals surface area contributed by atoms with Crippen LogP contribution in [0.25, 0.3) is 0 Å². The first-order chi connectivity index (χ1) is 8.08. The molecule has 2 fully saturated rings. The Kier molecular flexibility index (Phi) is 2.25. The third-order valence-electron chi connectivity index (χ3n) is 4.32. The zero-order chi connectivity index (χ0) is 12.2. The maximum atomic E-state index is 11.8. The lowest BCUT2D eigenvalue weighted by atomic mass is 9.86. The van der Waals surface area contributed by atoms with Gasteiger partial charge in [0.2, 0.25) is 0 Å². The quantitative estimate of drug-likeness (QED) is 0.469. The highest BCUT2D eigenvalue weighted by molar-refractivity contribution is 5.73. The summed E-state index contributed by atoms with van der Waals surface area (Å²) in [5, 5.41) is 11.8. The van der Waals surface area contributed by atoms with Crippen molar-refractivity contribution in [1.82, 2.24) is 0 Å². The van der Waals surface area contributed by atoms with E-state index in [0.29, 0.717) is 6.42 Å². The largest absolute Gasteiger partial charge is 0.872 e. The van der Waals surface area contributed by atoms with E-state index in [4.69, 9.17) is 4.74 Å². The maximum Gasteiger partial charge on any atom is 0.306 e. The van der Waals surface area contributed by atoms with Crippen LogP contribution in [0.2, 0.25) is 0 Å². The highest BCUT2D eigenvalue weighted by Crippen LogP contribution is 2.47. The van der Waals surface area contributed by atoms with Crippen LogP contribution in [0.15, 0.2) is 23.0 Å². The molecule has 1 saturated carbocycles. The van der Waals surface area contributed by atoms with Crippen molar-refractivity contribution in [3.8, 4) is 0 Å². The van der Waals surface area contributed by atoms with Crippen LogP contribution in [0.4, 0.5) is 0 Å². The van der Waals surface area contributed by atoms with Gasteiger partial charge in [0.25, 0.3) is 0 Å². The third-order valence-corrected chi connectivity index (χ3v) is 4.32.